The van der Waals surface area contributed by atoms with E-state index < -0.39 is 0 Å². The highest BCUT2D eigenvalue weighted by Crippen LogP contribution is 2.29. The Morgan fingerprint density at radius 3 is 2.72 bits per heavy atom. The SMILES string of the molecule is Cc1ccc(-c2ccsc2C(=O)NCCC[C@@H]2CCCC[C@@H]2O)cc1. The van der Waals surface area contributed by atoms with E-state index in [1.807, 2.05) is 11.4 Å². The standard InChI is InChI=1S/C21H27NO2S/c1-15-8-10-16(11-9-15)18-12-14-25-20(18)21(24)22-13-4-6-17-5-2-3-7-19(17)23/h8-12,14,17,19,23H,2-7,13H2,1H3,(H,22,24)/t17-,19-/m0/s1. The molecule has 1 aromatic carbocycles. The Labute approximate surface area is 154 Å². The highest BCUT2D eigenvalue weighted by atomic mass is 32.1. The van der Waals surface area contributed by atoms with E-state index >= 15 is 0 Å². The molecule has 2 N–H and O–H groups in total. The van der Waals surface area contributed by atoms with Crippen molar-refractivity contribution >= 4 is 17.2 Å². The van der Waals surface area contributed by atoms with Gasteiger partial charge < -0.3 is 10.4 Å². The Hall–Kier alpha value is -1.65. The molecule has 2 aromatic rings. The van der Waals surface area contributed by atoms with Gasteiger partial charge in [-0.25, -0.2) is 0 Å². The fourth-order valence-electron chi connectivity index (χ4n) is 3.62. The van der Waals surface area contributed by atoms with Gasteiger partial charge in [0.25, 0.3) is 5.91 Å². The van der Waals surface area contributed by atoms with Gasteiger partial charge >= 0.3 is 0 Å². The first kappa shape index (κ1) is 18.2. The average molecular weight is 358 g/mol. The minimum atomic E-state index is -0.144. The van der Waals surface area contributed by atoms with E-state index in [9.17, 15) is 9.90 Å². The molecular weight excluding hydrogens is 330 g/mol. The maximum absolute atomic E-state index is 12.5. The lowest BCUT2D eigenvalue weighted by atomic mass is 9.83. The lowest BCUT2D eigenvalue weighted by Crippen LogP contribution is -2.27. The first-order valence-electron chi connectivity index (χ1n) is 9.26. The van der Waals surface area contributed by atoms with Crippen LogP contribution in [0.3, 0.4) is 0 Å². The summed E-state index contributed by atoms with van der Waals surface area (Å²) in [5.74, 6) is 0.422. The summed E-state index contributed by atoms with van der Waals surface area (Å²) in [6, 6.07) is 10.3. The van der Waals surface area contributed by atoms with Gasteiger partial charge in [-0.3, -0.25) is 4.79 Å². The molecule has 1 amide bonds. The lowest BCUT2D eigenvalue weighted by molar-refractivity contribution is 0.0641. The van der Waals surface area contributed by atoms with Crippen LogP contribution in [-0.4, -0.2) is 23.7 Å². The zero-order valence-electron chi connectivity index (χ0n) is 14.8. The van der Waals surface area contributed by atoms with Gasteiger partial charge in [0.15, 0.2) is 0 Å². The molecule has 1 aliphatic carbocycles. The molecule has 2 atom stereocenters. The third kappa shape index (κ3) is 4.71. The molecular formula is C21H27NO2S. The zero-order chi connectivity index (χ0) is 17.6. The smallest absolute Gasteiger partial charge is 0.261 e. The van der Waals surface area contributed by atoms with Crippen LogP contribution in [-0.2, 0) is 0 Å². The molecule has 4 heteroatoms. The van der Waals surface area contributed by atoms with Crippen molar-refractivity contribution < 1.29 is 9.90 Å². The molecule has 0 aliphatic heterocycles. The van der Waals surface area contributed by atoms with Gasteiger partial charge in [-0.2, -0.15) is 0 Å². The summed E-state index contributed by atoms with van der Waals surface area (Å²) in [5, 5.41) is 15.0. The predicted molar refractivity (Wildman–Crippen MR) is 104 cm³/mol. The van der Waals surface area contributed by atoms with Gasteiger partial charge in [-0.1, -0.05) is 42.7 Å². The molecule has 0 unspecified atom stereocenters. The second-order valence-corrected chi connectivity index (χ2v) is 7.96. The van der Waals surface area contributed by atoms with Crippen molar-refractivity contribution in [2.45, 2.75) is 51.6 Å². The summed E-state index contributed by atoms with van der Waals surface area (Å²) in [5.41, 5.74) is 3.31. The summed E-state index contributed by atoms with van der Waals surface area (Å²) < 4.78 is 0. The largest absolute Gasteiger partial charge is 0.393 e. The summed E-state index contributed by atoms with van der Waals surface area (Å²) >= 11 is 1.49. The third-order valence-corrected chi connectivity index (χ3v) is 6.05. The third-order valence-electron chi connectivity index (χ3n) is 5.14. The van der Waals surface area contributed by atoms with E-state index in [4.69, 9.17) is 0 Å². The summed E-state index contributed by atoms with van der Waals surface area (Å²) in [4.78, 5) is 13.3. The van der Waals surface area contributed by atoms with Gasteiger partial charge in [0.2, 0.25) is 0 Å². The van der Waals surface area contributed by atoms with Crippen molar-refractivity contribution in [2.24, 2.45) is 5.92 Å². The maximum atomic E-state index is 12.5. The van der Waals surface area contributed by atoms with Crippen LogP contribution in [0.5, 0.6) is 0 Å². The molecule has 0 bridgehead atoms. The van der Waals surface area contributed by atoms with Crippen LogP contribution in [0.2, 0.25) is 0 Å². The number of hydrogen-bond donors (Lipinski definition) is 2. The van der Waals surface area contributed by atoms with E-state index in [0.29, 0.717) is 12.5 Å². The number of benzene rings is 1. The van der Waals surface area contributed by atoms with Gasteiger partial charge in [-0.05, 0) is 55.5 Å². The number of nitrogens with one attached hydrogen (secondary N) is 1. The van der Waals surface area contributed by atoms with Crippen LogP contribution in [0.15, 0.2) is 35.7 Å². The van der Waals surface area contributed by atoms with Gasteiger partial charge in [-0.15, -0.1) is 11.3 Å². The molecule has 134 valence electrons. The van der Waals surface area contributed by atoms with E-state index in [1.165, 1.54) is 23.3 Å². The first-order chi connectivity index (χ1) is 12.1. The Bertz CT molecular complexity index is 692. The van der Waals surface area contributed by atoms with Crippen molar-refractivity contribution in [3.05, 3.63) is 46.2 Å². The number of aliphatic hydroxyl groups excluding tert-OH is 1. The number of aliphatic hydroxyl groups is 1. The Balaban J connectivity index is 1.52. The molecule has 3 nitrogen and oxygen atoms in total. The van der Waals surface area contributed by atoms with Crippen LogP contribution in [0.25, 0.3) is 11.1 Å². The quantitative estimate of drug-likeness (QED) is 0.731. The number of rotatable bonds is 6. The van der Waals surface area contributed by atoms with Gasteiger partial charge in [0.1, 0.15) is 0 Å². The molecule has 1 saturated carbocycles. The minimum absolute atomic E-state index is 0.00904. The summed E-state index contributed by atoms with van der Waals surface area (Å²) in [7, 11) is 0. The van der Waals surface area contributed by atoms with Crippen LogP contribution < -0.4 is 5.32 Å². The monoisotopic (exact) mass is 357 g/mol. The number of hydrogen-bond acceptors (Lipinski definition) is 3. The molecule has 0 saturated heterocycles. The van der Waals surface area contributed by atoms with Crippen LogP contribution >= 0.6 is 11.3 Å². The topological polar surface area (TPSA) is 49.3 Å². The molecule has 1 fully saturated rings. The Kier molecular flexibility index (Phi) is 6.27. The van der Waals surface area contributed by atoms with Crippen LogP contribution in [0, 0.1) is 12.8 Å². The molecule has 25 heavy (non-hydrogen) atoms. The molecule has 1 heterocycles. The molecule has 1 aromatic heterocycles. The predicted octanol–water partition coefficient (Wildman–Crippen LogP) is 4.78. The highest BCUT2D eigenvalue weighted by Gasteiger charge is 2.22. The van der Waals surface area contributed by atoms with Crippen molar-refractivity contribution in [3.8, 4) is 11.1 Å². The summed E-state index contributed by atoms with van der Waals surface area (Å²) in [6.45, 7) is 2.74. The molecule has 0 radical (unpaired) electrons. The minimum Gasteiger partial charge on any atom is -0.393 e. The van der Waals surface area contributed by atoms with E-state index in [-0.39, 0.29) is 12.0 Å². The number of carbonyl (C=O) groups is 1. The van der Waals surface area contributed by atoms with Gasteiger partial charge in [0, 0.05) is 12.1 Å². The van der Waals surface area contributed by atoms with Crippen molar-refractivity contribution in [1.82, 2.24) is 5.32 Å². The number of thiophene rings is 1. The number of carbonyl (C=O) groups excluding carboxylic acids is 1. The van der Waals surface area contributed by atoms with Crippen LogP contribution in [0.1, 0.15) is 53.8 Å². The number of aryl methyl sites for hydroxylation is 1. The number of amides is 1. The second-order valence-electron chi connectivity index (χ2n) is 7.04. The zero-order valence-corrected chi connectivity index (χ0v) is 15.6. The molecule has 1 aliphatic rings. The van der Waals surface area contributed by atoms with Crippen molar-refractivity contribution in [3.63, 3.8) is 0 Å². The fraction of sp³-hybridized carbons (Fsp3) is 0.476. The van der Waals surface area contributed by atoms with Crippen molar-refractivity contribution in [2.75, 3.05) is 6.54 Å². The van der Waals surface area contributed by atoms with Gasteiger partial charge in [0.05, 0.1) is 11.0 Å². The van der Waals surface area contributed by atoms with Crippen molar-refractivity contribution in [1.29, 1.82) is 0 Å². The lowest BCUT2D eigenvalue weighted by Gasteiger charge is -2.27. The fourth-order valence-corrected chi connectivity index (χ4v) is 4.45. The summed E-state index contributed by atoms with van der Waals surface area (Å²) in [6.07, 6.45) is 6.21. The normalized spacial score (nSPS) is 20.4. The first-order valence-corrected chi connectivity index (χ1v) is 10.1. The molecule has 3 rings (SSSR count). The molecule has 0 spiro atoms. The van der Waals surface area contributed by atoms with E-state index in [1.54, 1.807) is 0 Å². The van der Waals surface area contributed by atoms with Crippen LogP contribution in [0.4, 0.5) is 0 Å². The Morgan fingerprint density at radius 2 is 1.96 bits per heavy atom. The van der Waals surface area contributed by atoms with E-state index in [0.717, 1.165) is 48.1 Å². The Morgan fingerprint density at radius 1 is 1.20 bits per heavy atom. The maximum Gasteiger partial charge on any atom is 0.261 e. The highest BCUT2D eigenvalue weighted by molar-refractivity contribution is 7.12. The average Bonchev–Trinajstić information content (AvgIpc) is 3.10. The second kappa shape index (κ2) is 8.63. The van der Waals surface area contributed by atoms with E-state index in [2.05, 4.69) is 36.5 Å².